The van der Waals surface area contributed by atoms with Gasteiger partial charge in [0.1, 0.15) is 5.75 Å². The standard InChI is InChI=1S/C11H17NO/c1-8(2)13-11-7-5-4-6-10(11)9(3)12/h4-9H,12H2,1-3H3/t9-/m1/s1. The van der Waals surface area contributed by atoms with Gasteiger partial charge >= 0.3 is 0 Å². The molecule has 0 bridgehead atoms. The van der Waals surface area contributed by atoms with E-state index < -0.39 is 0 Å². The molecule has 0 saturated heterocycles. The summed E-state index contributed by atoms with van der Waals surface area (Å²) in [5.41, 5.74) is 6.88. The number of hydrogen-bond donors (Lipinski definition) is 1. The van der Waals surface area contributed by atoms with E-state index in [1.807, 2.05) is 45.0 Å². The maximum Gasteiger partial charge on any atom is 0.124 e. The zero-order valence-electron chi connectivity index (χ0n) is 8.45. The van der Waals surface area contributed by atoms with Crippen LogP contribution in [0.2, 0.25) is 0 Å². The topological polar surface area (TPSA) is 35.2 Å². The minimum absolute atomic E-state index is 0.0231. The van der Waals surface area contributed by atoms with Crippen LogP contribution in [0, 0.1) is 0 Å². The molecule has 2 N–H and O–H groups in total. The van der Waals surface area contributed by atoms with E-state index in [2.05, 4.69) is 0 Å². The number of hydrogen-bond acceptors (Lipinski definition) is 2. The van der Waals surface area contributed by atoms with Gasteiger partial charge in [-0.15, -0.1) is 0 Å². The van der Waals surface area contributed by atoms with Crippen LogP contribution in [0.15, 0.2) is 24.3 Å². The molecule has 0 radical (unpaired) electrons. The molecule has 2 nitrogen and oxygen atoms in total. The van der Waals surface area contributed by atoms with E-state index >= 15 is 0 Å². The van der Waals surface area contributed by atoms with Crippen LogP contribution in [0.5, 0.6) is 5.75 Å². The van der Waals surface area contributed by atoms with Gasteiger partial charge in [-0.3, -0.25) is 0 Å². The fourth-order valence-corrected chi connectivity index (χ4v) is 1.22. The summed E-state index contributed by atoms with van der Waals surface area (Å²) in [6.45, 7) is 5.98. The average molecular weight is 179 g/mol. The van der Waals surface area contributed by atoms with Crippen LogP contribution in [0.1, 0.15) is 32.4 Å². The molecule has 1 aromatic rings. The summed E-state index contributed by atoms with van der Waals surface area (Å²) in [6, 6.07) is 7.92. The maximum absolute atomic E-state index is 5.81. The quantitative estimate of drug-likeness (QED) is 0.773. The second-order valence-corrected chi connectivity index (χ2v) is 3.49. The van der Waals surface area contributed by atoms with Crippen molar-refractivity contribution in [3.63, 3.8) is 0 Å². The first kappa shape index (κ1) is 10.1. The lowest BCUT2D eigenvalue weighted by Crippen LogP contribution is -2.11. The SMILES string of the molecule is CC(C)Oc1ccccc1[C@@H](C)N. The van der Waals surface area contributed by atoms with Crippen LogP contribution in [0.25, 0.3) is 0 Å². The molecule has 0 spiro atoms. The van der Waals surface area contributed by atoms with Gasteiger partial charge in [0.2, 0.25) is 0 Å². The molecular weight excluding hydrogens is 162 g/mol. The molecular formula is C11H17NO. The zero-order chi connectivity index (χ0) is 9.84. The van der Waals surface area contributed by atoms with Crippen LogP contribution in [0.3, 0.4) is 0 Å². The highest BCUT2D eigenvalue weighted by Crippen LogP contribution is 2.23. The van der Waals surface area contributed by atoms with Crippen molar-refractivity contribution >= 4 is 0 Å². The maximum atomic E-state index is 5.81. The van der Waals surface area contributed by atoms with Crippen molar-refractivity contribution in [2.45, 2.75) is 32.9 Å². The number of benzene rings is 1. The van der Waals surface area contributed by atoms with Crippen LogP contribution >= 0.6 is 0 Å². The van der Waals surface area contributed by atoms with Crippen LogP contribution in [-0.4, -0.2) is 6.10 Å². The number of rotatable bonds is 3. The Bertz CT molecular complexity index is 269. The minimum atomic E-state index is 0.0231. The fraction of sp³-hybridized carbons (Fsp3) is 0.455. The van der Waals surface area contributed by atoms with Gasteiger partial charge in [-0.2, -0.15) is 0 Å². The predicted octanol–water partition coefficient (Wildman–Crippen LogP) is 2.49. The van der Waals surface area contributed by atoms with E-state index in [0.717, 1.165) is 11.3 Å². The smallest absolute Gasteiger partial charge is 0.124 e. The highest BCUT2D eigenvalue weighted by atomic mass is 16.5. The van der Waals surface area contributed by atoms with Gasteiger partial charge in [0, 0.05) is 11.6 Å². The third-order valence-electron chi connectivity index (χ3n) is 1.77. The van der Waals surface area contributed by atoms with Gasteiger partial charge in [0.05, 0.1) is 6.10 Å². The Balaban J connectivity index is 2.91. The summed E-state index contributed by atoms with van der Waals surface area (Å²) < 4.78 is 5.63. The molecule has 1 aromatic carbocycles. The van der Waals surface area contributed by atoms with E-state index in [9.17, 15) is 0 Å². The summed E-state index contributed by atoms with van der Waals surface area (Å²) >= 11 is 0. The monoisotopic (exact) mass is 179 g/mol. The van der Waals surface area contributed by atoms with Crippen molar-refractivity contribution in [1.82, 2.24) is 0 Å². The summed E-state index contributed by atoms with van der Waals surface area (Å²) in [4.78, 5) is 0. The van der Waals surface area contributed by atoms with Crippen molar-refractivity contribution in [3.05, 3.63) is 29.8 Å². The Morgan fingerprint density at radius 2 is 1.77 bits per heavy atom. The van der Waals surface area contributed by atoms with Crippen LogP contribution < -0.4 is 10.5 Å². The lowest BCUT2D eigenvalue weighted by Gasteiger charge is -2.15. The van der Waals surface area contributed by atoms with E-state index in [-0.39, 0.29) is 12.1 Å². The predicted molar refractivity (Wildman–Crippen MR) is 54.8 cm³/mol. The summed E-state index contributed by atoms with van der Waals surface area (Å²) in [7, 11) is 0. The third-order valence-corrected chi connectivity index (χ3v) is 1.77. The molecule has 1 rings (SSSR count). The molecule has 2 heteroatoms. The molecule has 1 atom stereocenters. The second-order valence-electron chi connectivity index (χ2n) is 3.49. The number of para-hydroxylation sites is 1. The summed E-state index contributed by atoms with van der Waals surface area (Å²) in [5.74, 6) is 0.896. The van der Waals surface area contributed by atoms with Gasteiger partial charge < -0.3 is 10.5 Å². The van der Waals surface area contributed by atoms with Crippen LogP contribution in [0.4, 0.5) is 0 Å². The lowest BCUT2D eigenvalue weighted by atomic mass is 10.1. The molecule has 72 valence electrons. The summed E-state index contributed by atoms with van der Waals surface area (Å²) in [6.07, 6.45) is 0.194. The van der Waals surface area contributed by atoms with Crippen molar-refractivity contribution in [1.29, 1.82) is 0 Å². The highest BCUT2D eigenvalue weighted by Gasteiger charge is 2.07. The molecule has 0 aromatic heterocycles. The third kappa shape index (κ3) is 2.74. The van der Waals surface area contributed by atoms with Crippen LogP contribution in [-0.2, 0) is 0 Å². The van der Waals surface area contributed by atoms with E-state index in [1.54, 1.807) is 0 Å². The first-order valence-electron chi connectivity index (χ1n) is 4.62. The Morgan fingerprint density at radius 1 is 1.15 bits per heavy atom. The normalized spacial score (nSPS) is 13.0. The summed E-state index contributed by atoms with van der Waals surface area (Å²) in [5, 5.41) is 0. The van der Waals surface area contributed by atoms with Gasteiger partial charge in [0.25, 0.3) is 0 Å². The Morgan fingerprint density at radius 3 is 2.31 bits per heavy atom. The molecule has 0 aliphatic carbocycles. The van der Waals surface area contributed by atoms with Crippen molar-refractivity contribution in [2.24, 2.45) is 5.73 Å². The zero-order valence-corrected chi connectivity index (χ0v) is 8.45. The Hall–Kier alpha value is -1.02. The van der Waals surface area contributed by atoms with Gasteiger partial charge in [-0.25, -0.2) is 0 Å². The van der Waals surface area contributed by atoms with Gasteiger partial charge in [0.15, 0.2) is 0 Å². The fourth-order valence-electron chi connectivity index (χ4n) is 1.22. The molecule has 0 heterocycles. The molecule has 0 unspecified atom stereocenters. The lowest BCUT2D eigenvalue weighted by molar-refractivity contribution is 0.239. The molecule has 0 saturated carbocycles. The Labute approximate surface area is 79.7 Å². The van der Waals surface area contributed by atoms with E-state index in [4.69, 9.17) is 10.5 Å². The van der Waals surface area contributed by atoms with Crippen molar-refractivity contribution in [2.75, 3.05) is 0 Å². The average Bonchev–Trinajstić information content (AvgIpc) is 2.03. The van der Waals surface area contributed by atoms with E-state index in [0.29, 0.717) is 0 Å². The molecule has 0 aliphatic rings. The second kappa shape index (κ2) is 4.28. The van der Waals surface area contributed by atoms with Crippen molar-refractivity contribution < 1.29 is 4.74 Å². The first-order chi connectivity index (χ1) is 6.11. The number of nitrogens with two attached hydrogens (primary N) is 1. The molecule has 13 heavy (non-hydrogen) atoms. The largest absolute Gasteiger partial charge is 0.491 e. The van der Waals surface area contributed by atoms with E-state index in [1.165, 1.54) is 0 Å². The first-order valence-corrected chi connectivity index (χ1v) is 4.62. The van der Waals surface area contributed by atoms with Crippen molar-refractivity contribution in [3.8, 4) is 5.75 Å². The molecule has 0 aliphatic heterocycles. The number of ether oxygens (including phenoxy) is 1. The highest BCUT2D eigenvalue weighted by molar-refractivity contribution is 5.35. The minimum Gasteiger partial charge on any atom is -0.491 e. The van der Waals surface area contributed by atoms with Gasteiger partial charge in [-0.05, 0) is 26.8 Å². The van der Waals surface area contributed by atoms with Gasteiger partial charge in [-0.1, -0.05) is 18.2 Å². The molecule has 0 amide bonds. The molecule has 0 fully saturated rings. The Kier molecular flexibility index (Phi) is 3.32.